The molecule has 1 N–H and O–H groups in total. The molecule has 31 heavy (non-hydrogen) atoms. The first-order valence-electron chi connectivity index (χ1n) is 9.72. The molecular formula is C24H20ClN3O3. The number of anilines is 1. The van der Waals surface area contributed by atoms with Crippen LogP contribution in [-0.4, -0.2) is 22.2 Å². The summed E-state index contributed by atoms with van der Waals surface area (Å²) in [5, 5.41) is 11.7. The molecule has 0 aliphatic rings. The largest absolute Gasteiger partial charge is 0.481 e. The van der Waals surface area contributed by atoms with Crippen LogP contribution in [0.4, 0.5) is 5.69 Å². The van der Waals surface area contributed by atoms with Crippen molar-refractivity contribution in [3.63, 3.8) is 0 Å². The molecule has 0 radical (unpaired) electrons. The Hall–Kier alpha value is -3.64. The molecule has 0 spiro atoms. The summed E-state index contributed by atoms with van der Waals surface area (Å²) in [5.41, 5.74) is 3.01. The normalized spacial score (nSPS) is 11.7. The fourth-order valence-electron chi connectivity index (χ4n) is 3.00. The van der Waals surface area contributed by atoms with Crippen LogP contribution in [0, 0.1) is 6.92 Å². The van der Waals surface area contributed by atoms with Crippen molar-refractivity contribution in [2.75, 3.05) is 5.32 Å². The molecule has 3 aromatic carbocycles. The fraction of sp³-hybridized carbons (Fsp3) is 0.125. The lowest BCUT2D eigenvalue weighted by atomic mass is 10.2. The van der Waals surface area contributed by atoms with Crippen molar-refractivity contribution in [3.05, 3.63) is 83.4 Å². The van der Waals surface area contributed by atoms with E-state index < -0.39 is 6.10 Å². The smallest absolute Gasteiger partial charge is 0.265 e. The topological polar surface area (TPSA) is 77.2 Å². The summed E-state index contributed by atoms with van der Waals surface area (Å²) >= 11 is 5.97. The minimum Gasteiger partial charge on any atom is -0.481 e. The first kappa shape index (κ1) is 20.6. The van der Waals surface area contributed by atoms with Crippen molar-refractivity contribution in [3.8, 4) is 28.7 Å². The Morgan fingerprint density at radius 1 is 0.968 bits per heavy atom. The van der Waals surface area contributed by atoms with Gasteiger partial charge >= 0.3 is 0 Å². The van der Waals surface area contributed by atoms with E-state index in [0.29, 0.717) is 33.8 Å². The number of nitrogens with zero attached hydrogens (tertiary/aromatic N) is 2. The molecule has 6 nitrogen and oxygen atoms in total. The fourth-order valence-corrected chi connectivity index (χ4v) is 3.23. The number of carbonyl (C=O) groups excluding carboxylic acids is 1. The molecule has 1 aromatic heterocycles. The second-order valence-corrected chi connectivity index (χ2v) is 7.45. The van der Waals surface area contributed by atoms with E-state index in [0.717, 1.165) is 11.1 Å². The van der Waals surface area contributed by atoms with Crippen molar-refractivity contribution in [1.29, 1.82) is 0 Å². The molecule has 4 rings (SSSR count). The van der Waals surface area contributed by atoms with E-state index in [4.69, 9.17) is 20.8 Å². The van der Waals surface area contributed by atoms with E-state index in [9.17, 15) is 4.79 Å². The van der Waals surface area contributed by atoms with Gasteiger partial charge in [0.15, 0.2) is 6.10 Å². The molecular weight excluding hydrogens is 414 g/mol. The van der Waals surface area contributed by atoms with Gasteiger partial charge in [-0.25, -0.2) is 0 Å². The highest BCUT2D eigenvalue weighted by Crippen LogP contribution is 2.26. The van der Waals surface area contributed by atoms with Crippen molar-refractivity contribution in [2.45, 2.75) is 20.0 Å². The average molecular weight is 434 g/mol. The summed E-state index contributed by atoms with van der Waals surface area (Å²) in [4.78, 5) is 12.6. The van der Waals surface area contributed by atoms with Gasteiger partial charge in [0, 0.05) is 21.8 Å². The van der Waals surface area contributed by atoms with Gasteiger partial charge in [-0.1, -0.05) is 35.9 Å². The lowest BCUT2D eigenvalue weighted by molar-refractivity contribution is -0.122. The third kappa shape index (κ3) is 4.92. The van der Waals surface area contributed by atoms with Crippen LogP contribution >= 0.6 is 11.6 Å². The second-order valence-electron chi connectivity index (χ2n) is 7.02. The Labute approximate surface area is 184 Å². The van der Waals surface area contributed by atoms with Gasteiger partial charge in [-0.3, -0.25) is 4.79 Å². The van der Waals surface area contributed by atoms with Gasteiger partial charge in [-0.2, -0.15) is 0 Å². The number of amides is 1. The maximum absolute atomic E-state index is 12.6. The number of ether oxygens (including phenoxy) is 1. The summed E-state index contributed by atoms with van der Waals surface area (Å²) < 4.78 is 11.6. The van der Waals surface area contributed by atoms with Gasteiger partial charge in [-0.05, 0) is 67.9 Å². The molecule has 156 valence electrons. The predicted molar refractivity (Wildman–Crippen MR) is 120 cm³/mol. The van der Waals surface area contributed by atoms with Crippen molar-refractivity contribution in [2.24, 2.45) is 0 Å². The number of aromatic nitrogens is 2. The zero-order chi connectivity index (χ0) is 21.8. The first-order valence-corrected chi connectivity index (χ1v) is 10.1. The van der Waals surface area contributed by atoms with Gasteiger partial charge in [0.1, 0.15) is 5.75 Å². The Morgan fingerprint density at radius 3 is 2.42 bits per heavy atom. The SMILES string of the molecule is Cc1cc(Cl)ccc1O[C@H](C)C(=O)Nc1cccc(-c2nnc(-c3ccccc3)o2)c1. The van der Waals surface area contributed by atoms with Gasteiger partial charge in [0.05, 0.1) is 0 Å². The molecule has 0 fully saturated rings. The molecule has 0 saturated carbocycles. The maximum Gasteiger partial charge on any atom is 0.265 e. The van der Waals surface area contributed by atoms with Gasteiger partial charge < -0.3 is 14.5 Å². The lowest BCUT2D eigenvalue weighted by Crippen LogP contribution is -2.30. The lowest BCUT2D eigenvalue weighted by Gasteiger charge is -2.16. The quantitative estimate of drug-likeness (QED) is 0.417. The number of aryl methyl sites for hydroxylation is 1. The van der Waals surface area contributed by atoms with Crippen LogP contribution in [0.3, 0.4) is 0 Å². The molecule has 0 unspecified atom stereocenters. The number of hydrogen-bond donors (Lipinski definition) is 1. The molecule has 4 aromatic rings. The van der Waals surface area contributed by atoms with Gasteiger partial charge in [-0.15, -0.1) is 10.2 Å². The number of hydrogen-bond acceptors (Lipinski definition) is 5. The van der Waals surface area contributed by atoms with Crippen LogP contribution in [0.2, 0.25) is 5.02 Å². The number of nitrogens with one attached hydrogen (secondary N) is 1. The highest BCUT2D eigenvalue weighted by Gasteiger charge is 2.17. The minimum absolute atomic E-state index is 0.276. The van der Waals surface area contributed by atoms with Gasteiger partial charge in [0.2, 0.25) is 11.8 Å². The molecule has 0 saturated heterocycles. The average Bonchev–Trinajstić information content (AvgIpc) is 3.27. The van der Waals surface area contributed by atoms with E-state index in [-0.39, 0.29) is 5.91 Å². The summed E-state index contributed by atoms with van der Waals surface area (Å²) in [5.74, 6) is 1.14. The maximum atomic E-state index is 12.6. The molecule has 0 bridgehead atoms. The van der Waals surface area contributed by atoms with E-state index in [1.807, 2.05) is 49.4 Å². The Balaban J connectivity index is 1.46. The van der Waals surface area contributed by atoms with Crippen LogP contribution in [0.25, 0.3) is 22.9 Å². The summed E-state index contributed by atoms with van der Waals surface area (Å²) in [6.45, 7) is 3.57. The Morgan fingerprint density at radius 2 is 1.68 bits per heavy atom. The number of carbonyl (C=O) groups is 1. The predicted octanol–water partition coefficient (Wildman–Crippen LogP) is 5.77. The molecule has 0 aliphatic carbocycles. The van der Waals surface area contributed by atoms with Crippen LogP contribution < -0.4 is 10.1 Å². The molecule has 0 aliphatic heterocycles. The monoisotopic (exact) mass is 433 g/mol. The van der Waals surface area contributed by atoms with Crippen LogP contribution in [0.1, 0.15) is 12.5 Å². The van der Waals surface area contributed by atoms with Crippen LogP contribution in [-0.2, 0) is 4.79 Å². The molecule has 1 atom stereocenters. The van der Waals surface area contributed by atoms with Crippen LogP contribution in [0.5, 0.6) is 5.75 Å². The van der Waals surface area contributed by atoms with Crippen LogP contribution in [0.15, 0.2) is 77.2 Å². The molecule has 1 heterocycles. The van der Waals surface area contributed by atoms with Crippen molar-refractivity contribution < 1.29 is 13.9 Å². The zero-order valence-corrected chi connectivity index (χ0v) is 17.8. The second kappa shape index (κ2) is 9.02. The number of benzene rings is 3. The highest BCUT2D eigenvalue weighted by atomic mass is 35.5. The zero-order valence-electron chi connectivity index (χ0n) is 17.0. The Bertz CT molecular complexity index is 1210. The van der Waals surface area contributed by atoms with E-state index in [1.165, 1.54) is 0 Å². The molecule has 7 heteroatoms. The summed E-state index contributed by atoms with van der Waals surface area (Å²) in [7, 11) is 0. The number of halogens is 1. The highest BCUT2D eigenvalue weighted by molar-refractivity contribution is 6.30. The first-order chi connectivity index (χ1) is 15.0. The van der Waals surface area contributed by atoms with Crippen molar-refractivity contribution >= 4 is 23.2 Å². The summed E-state index contributed by atoms with van der Waals surface area (Å²) in [6, 6.07) is 22.0. The Kier molecular flexibility index (Phi) is 6.00. The third-order valence-corrected chi connectivity index (χ3v) is 4.87. The standard InChI is InChI=1S/C24H20ClN3O3/c1-15-13-19(25)11-12-21(15)30-16(2)22(29)26-20-10-6-9-18(14-20)24-28-27-23(31-24)17-7-4-3-5-8-17/h3-14,16H,1-2H3,(H,26,29)/t16-/m1/s1. The van der Waals surface area contributed by atoms with Gasteiger partial charge in [0.25, 0.3) is 5.91 Å². The van der Waals surface area contributed by atoms with E-state index in [1.54, 1.807) is 37.3 Å². The molecule has 1 amide bonds. The number of rotatable bonds is 6. The van der Waals surface area contributed by atoms with E-state index in [2.05, 4.69) is 15.5 Å². The summed E-state index contributed by atoms with van der Waals surface area (Å²) in [6.07, 6.45) is -0.698. The van der Waals surface area contributed by atoms with E-state index >= 15 is 0 Å². The third-order valence-electron chi connectivity index (χ3n) is 4.63. The minimum atomic E-state index is -0.698. The van der Waals surface area contributed by atoms with Crippen molar-refractivity contribution in [1.82, 2.24) is 10.2 Å².